The van der Waals surface area contributed by atoms with E-state index < -0.39 is 0 Å². The first-order valence-electron chi connectivity index (χ1n) is 5.39. The Kier molecular flexibility index (Phi) is 5.08. The molecule has 0 heterocycles. The Morgan fingerprint density at radius 3 is 2.82 bits per heavy atom. The van der Waals surface area contributed by atoms with Gasteiger partial charge in [-0.2, -0.15) is 0 Å². The van der Waals surface area contributed by atoms with Gasteiger partial charge in [0.15, 0.2) is 0 Å². The van der Waals surface area contributed by atoms with E-state index >= 15 is 0 Å². The number of hydrogen-bond donors (Lipinski definition) is 2. The molecule has 0 saturated carbocycles. The topological polar surface area (TPSA) is 55.1 Å². The molecule has 0 fully saturated rings. The van der Waals surface area contributed by atoms with Crippen LogP contribution in [-0.4, -0.2) is 12.5 Å². The van der Waals surface area contributed by atoms with Gasteiger partial charge in [0.05, 0.1) is 4.47 Å². The highest BCUT2D eigenvalue weighted by Gasteiger charge is 2.11. The Morgan fingerprint density at radius 2 is 2.24 bits per heavy atom. The molecule has 0 saturated heterocycles. The van der Waals surface area contributed by atoms with E-state index in [-0.39, 0.29) is 17.6 Å². The standard InChI is InChI=1S/C12H16BrFN2O/c1-7(6-15)3-12(17)16-11-5-9(13)10(14)4-8(11)2/h4-5,7H,3,6,15H2,1-2H3,(H,16,17). The molecule has 0 spiro atoms. The molecule has 1 unspecified atom stereocenters. The molecular weight excluding hydrogens is 287 g/mol. The smallest absolute Gasteiger partial charge is 0.224 e. The summed E-state index contributed by atoms with van der Waals surface area (Å²) in [5, 5.41) is 2.75. The Labute approximate surface area is 109 Å². The molecule has 0 bridgehead atoms. The van der Waals surface area contributed by atoms with E-state index in [1.165, 1.54) is 6.07 Å². The van der Waals surface area contributed by atoms with Crippen molar-refractivity contribution in [3.8, 4) is 0 Å². The summed E-state index contributed by atoms with van der Waals surface area (Å²) in [4.78, 5) is 11.7. The van der Waals surface area contributed by atoms with Crippen LogP contribution in [0, 0.1) is 18.7 Å². The number of aryl methyl sites for hydroxylation is 1. The number of nitrogens with one attached hydrogen (secondary N) is 1. The van der Waals surface area contributed by atoms with Gasteiger partial charge in [-0.1, -0.05) is 6.92 Å². The second kappa shape index (κ2) is 6.12. The predicted octanol–water partition coefficient (Wildman–Crippen LogP) is 2.82. The van der Waals surface area contributed by atoms with Crippen LogP contribution in [0.15, 0.2) is 16.6 Å². The third-order valence-electron chi connectivity index (χ3n) is 2.48. The fourth-order valence-electron chi connectivity index (χ4n) is 1.38. The molecule has 0 aromatic heterocycles. The van der Waals surface area contributed by atoms with E-state index in [9.17, 15) is 9.18 Å². The number of carbonyl (C=O) groups excluding carboxylic acids is 1. The lowest BCUT2D eigenvalue weighted by Gasteiger charge is -2.11. The van der Waals surface area contributed by atoms with Gasteiger partial charge < -0.3 is 11.1 Å². The first-order valence-corrected chi connectivity index (χ1v) is 6.19. The van der Waals surface area contributed by atoms with Gasteiger partial charge in [-0.3, -0.25) is 4.79 Å². The third-order valence-corrected chi connectivity index (χ3v) is 3.09. The minimum Gasteiger partial charge on any atom is -0.330 e. The first-order chi connectivity index (χ1) is 7.93. The van der Waals surface area contributed by atoms with Crippen molar-refractivity contribution in [3.05, 3.63) is 28.0 Å². The number of carbonyl (C=O) groups is 1. The lowest BCUT2D eigenvalue weighted by molar-refractivity contribution is -0.116. The minimum atomic E-state index is -0.337. The number of nitrogens with two attached hydrogens (primary N) is 1. The van der Waals surface area contributed by atoms with Crippen molar-refractivity contribution in [1.82, 2.24) is 0 Å². The first kappa shape index (κ1) is 14.1. The zero-order chi connectivity index (χ0) is 13.0. The Balaban J connectivity index is 2.75. The third kappa shape index (κ3) is 4.09. The Hall–Kier alpha value is -0.940. The molecule has 94 valence electrons. The second-order valence-corrected chi connectivity index (χ2v) is 5.03. The number of anilines is 1. The largest absolute Gasteiger partial charge is 0.330 e. The molecule has 3 nitrogen and oxygen atoms in total. The van der Waals surface area contributed by atoms with Crippen molar-refractivity contribution in [1.29, 1.82) is 0 Å². The summed E-state index contributed by atoms with van der Waals surface area (Å²) >= 11 is 3.09. The van der Waals surface area contributed by atoms with Crippen molar-refractivity contribution in [2.45, 2.75) is 20.3 Å². The van der Waals surface area contributed by atoms with Crippen LogP contribution in [0.3, 0.4) is 0 Å². The van der Waals surface area contributed by atoms with Crippen LogP contribution < -0.4 is 11.1 Å². The summed E-state index contributed by atoms with van der Waals surface area (Å²) in [6.07, 6.45) is 0.366. The van der Waals surface area contributed by atoms with Gasteiger partial charge in [-0.25, -0.2) is 4.39 Å². The summed E-state index contributed by atoms with van der Waals surface area (Å²) in [6.45, 7) is 4.13. The van der Waals surface area contributed by atoms with Crippen molar-refractivity contribution in [3.63, 3.8) is 0 Å². The number of amides is 1. The van der Waals surface area contributed by atoms with Crippen LogP contribution in [-0.2, 0) is 4.79 Å². The van der Waals surface area contributed by atoms with Gasteiger partial charge in [0, 0.05) is 12.1 Å². The van der Waals surface area contributed by atoms with Crippen LogP contribution in [0.5, 0.6) is 0 Å². The molecule has 1 aromatic carbocycles. The molecule has 1 rings (SSSR count). The number of benzene rings is 1. The maximum Gasteiger partial charge on any atom is 0.224 e. The van der Waals surface area contributed by atoms with E-state index in [0.29, 0.717) is 28.7 Å². The van der Waals surface area contributed by atoms with Crippen LogP contribution >= 0.6 is 15.9 Å². The zero-order valence-electron chi connectivity index (χ0n) is 9.89. The molecule has 0 aliphatic heterocycles. The minimum absolute atomic E-state index is 0.107. The average molecular weight is 303 g/mol. The highest BCUT2D eigenvalue weighted by atomic mass is 79.9. The Bertz CT molecular complexity index is 423. The van der Waals surface area contributed by atoms with Crippen molar-refractivity contribution in [2.75, 3.05) is 11.9 Å². The highest BCUT2D eigenvalue weighted by molar-refractivity contribution is 9.10. The molecule has 0 radical (unpaired) electrons. The summed E-state index contributed by atoms with van der Waals surface area (Å²) in [6, 6.07) is 2.95. The highest BCUT2D eigenvalue weighted by Crippen LogP contribution is 2.24. The molecule has 1 aromatic rings. The van der Waals surface area contributed by atoms with Crippen LogP contribution in [0.1, 0.15) is 18.9 Å². The summed E-state index contributed by atoms with van der Waals surface area (Å²) in [5.74, 6) is -0.306. The monoisotopic (exact) mass is 302 g/mol. The van der Waals surface area contributed by atoms with Crippen LogP contribution in [0.4, 0.5) is 10.1 Å². The van der Waals surface area contributed by atoms with E-state index in [4.69, 9.17) is 5.73 Å². The van der Waals surface area contributed by atoms with Crippen LogP contribution in [0.25, 0.3) is 0 Å². The van der Waals surface area contributed by atoms with Crippen LogP contribution in [0.2, 0.25) is 0 Å². The predicted molar refractivity (Wildman–Crippen MR) is 70.3 cm³/mol. The lowest BCUT2D eigenvalue weighted by Crippen LogP contribution is -2.20. The van der Waals surface area contributed by atoms with Crippen molar-refractivity contribution in [2.24, 2.45) is 11.7 Å². The second-order valence-electron chi connectivity index (χ2n) is 4.17. The maximum absolute atomic E-state index is 13.2. The fraction of sp³-hybridized carbons (Fsp3) is 0.417. The Morgan fingerprint density at radius 1 is 1.59 bits per heavy atom. The van der Waals surface area contributed by atoms with E-state index in [1.807, 2.05) is 6.92 Å². The summed E-state index contributed by atoms with van der Waals surface area (Å²) < 4.78 is 13.5. The van der Waals surface area contributed by atoms with E-state index in [1.54, 1.807) is 13.0 Å². The van der Waals surface area contributed by atoms with Gasteiger partial charge in [-0.05, 0) is 53.0 Å². The molecule has 1 atom stereocenters. The summed E-state index contributed by atoms with van der Waals surface area (Å²) in [7, 11) is 0. The van der Waals surface area contributed by atoms with E-state index in [2.05, 4.69) is 21.2 Å². The number of halogens is 2. The van der Waals surface area contributed by atoms with Gasteiger partial charge in [0.2, 0.25) is 5.91 Å². The molecule has 5 heteroatoms. The fourth-order valence-corrected chi connectivity index (χ4v) is 1.73. The van der Waals surface area contributed by atoms with Gasteiger partial charge in [0.25, 0.3) is 0 Å². The summed E-state index contributed by atoms with van der Waals surface area (Å²) in [5.41, 5.74) is 6.76. The van der Waals surface area contributed by atoms with Gasteiger partial charge in [-0.15, -0.1) is 0 Å². The molecule has 0 aliphatic carbocycles. The maximum atomic E-state index is 13.2. The molecule has 0 aliphatic rings. The average Bonchev–Trinajstić information content (AvgIpc) is 2.25. The molecule has 1 amide bonds. The zero-order valence-corrected chi connectivity index (χ0v) is 11.5. The normalized spacial score (nSPS) is 12.3. The van der Waals surface area contributed by atoms with Crippen molar-refractivity contribution < 1.29 is 9.18 Å². The van der Waals surface area contributed by atoms with E-state index in [0.717, 1.165) is 0 Å². The van der Waals surface area contributed by atoms with Gasteiger partial charge in [0.1, 0.15) is 5.82 Å². The SMILES string of the molecule is Cc1cc(F)c(Br)cc1NC(=O)CC(C)CN. The number of rotatable bonds is 4. The number of hydrogen-bond acceptors (Lipinski definition) is 2. The lowest BCUT2D eigenvalue weighted by atomic mass is 10.1. The van der Waals surface area contributed by atoms with Gasteiger partial charge >= 0.3 is 0 Å². The molecule has 17 heavy (non-hydrogen) atoms. The molecular formula is C12H16BrFN2O. The van der Waals surface area contributed by atoms with Crippen molar-refractivity contribution >= 4 is 27.5 Å². The molecule has 3 N–H and O–H groups in total. The quantitative estimate of drug-likeness (QED) is 0.898.